The molecular formula is C24H32N2O8S. The van der Waals surface area contributed by atoms with E-state index in [1.165, 1.54) is 31.7 Å². The third-order valence-corrected chi connectivity index (χ3v) is 6.31. The van der Waals surface area contributed by atoms with E-state index in [4.69, 9.17) is 14.0 Å². The number of carbonyl (C=O) groups is 1. The van der Waals surface area contributed by atoms with Crippen LogP contribution in [0.25, 0.3) is 0 Å². The lowest BCUT2D eigenvalue weighted by Crippen LogP contribution is -2.40. The number of hydrogen-bond acceptors (Lipinski definition) is 9. The Hall–Kier alpha value is -2.99. The summed E-state index contributed by atoms with van der Waals surface area (Å²) in [6, 6.07) is 9.14. The Bertz CT molecular complexity index is 1050. The number of aliphatic hydroxyl groups excluding tert-OH is 1. The molecule has 0 amide bonds. The van der Waals surface area contributed by atoms with Gasteiger partial charge in [0.05, 0.1) is 43.6 Å². The monoisotopic (exact) mass is 508 g/mol. The normalized spacial score (nSPS) is 14.7. The molecule has 0 aliphatic rings. The van der Waals surface area contributed by atoms with E-state index < -0.39 is 28.1 Å². The van der Waals surface area contributed by atoms with E-state index in [0.717, 1.165) is 5.56 Å². The van der Waals surface area contributed by atoms with Crippen LogP contribution in [-0.2, 0) is 35.7 Å². The second-order valence-electron chi connectivity index (χ2n) is 7.83. The minimum Gasteiger partial charge on any atom is -0.469 e. The van der Waals surface area contributed by atoms with Crippen LogP contribution in [0.15, 0.2) is 69.3 Å². The van der Waals surface area contributed by atoms with Crippen LogP contribution in [0.3, 0.4) is 0 Å². The fourth-order valence-electron chi connectivity index (χ4n) is 2.80. The minimum atomic E-state index is -3.85. The largest absolute Gasteiger partial charge is 0.469 e. The Kier molecular flexibility index (Phi) is 11.6. The molecule has 1 aromatic heterocycles. The highest BCUT2D eigenvalue weighted by Gasteiger charge is 2.22. The summed E-state index contributed by atoms with van der Waals surface area (Å²) in [4.78, 5) is 16.6. The molecule has 1 heterocycles. The number of ether oxygens (including phenoxy) is 2. The number of oxime groups is 1. The molecule has 0 aliphatic carbocycles. The highest BCUT2D eigenvalue weighted by molar-refractivity contribution is 7.89. The number of esters is 1. The van der Waals surface area contributed by atoms with Crippen molar-refractivity contribution in [2.45, 2.75) is 43.9 Å². The van der Waals surface area contributed by atoms with Crippen LogP contribution >= 0.6 is 0 Å². The standard InChI is InChI=1S/C24H32N2O8S/c1-18-9-11-22(12-10-18)35(29,30)26-23(19(2)6-4-8-24(28)31-3)14-25-34-16-20(27)15-32-17-21-7-5-13-33-21/h4-7,9-14,19-20,23,26-27H,8,15-17H2,1-3H3/t19-,20+,23-/m1/s1. The first-order chi connectivity index (χ1) is 16.7. The molecule has 10 nitrogen and oxygen atoms in total. The Labute approximate surface area is 205 Å². The molecule has 0 saturated heterocycles. The molecule has 2 N–H and O–H groups in total. The number of furan rings is 1. The Balaban J connectivity index is 1.97. The van der Waals surface area contributed by atoms with Gasteiger partial charge in [-0.3, -0.25) is 4.79 Å². The number of carbonyl (C=O) groups excluding carboxylic acids is 1. The van der Waals surface area contributed by atoms with E-state index in [1.54, 1.807) is 43.3 Å². The molecule has 0 bridgehead atoms. The van der Waals surface area contributed by atoms with Crippen molar-refractivity contribution in [3.63, 3.8) is 0 Å². The highest BCUT2D eigenvalue weighted by Crippen LogP contribution is 2.13. The molecule has 11 heteroatoms. The lowest BCUT2D eigenvalue weighted by atomic mass is 10.0. The van der Waals surface area contributed by atoms with Gasteiger partial charge in [-0.05, 0) is 37.1 Å². The van der Waals surface area contributed by atoms with Gasteiger partial charge in [-0.2, -0.15) is 0 Å². The van der Waals surface area contributed by atoms with Gasteiger partial charge < -0.3 is 23.8 Å². The maximum atomic E-state index is 12.9. The number of benzene rings is 1. The zero-order valence-electron chi connectivity index (χ0n) is 20.0. The molecule has 0 radical (unpaired) electrons. The quantitative estimate of drug-likeness (QED) is 0.162. The maximum absolute atomic E-state index is 12.9. The van der Waals surface area contributed by atoms with E-state index in [2.05, 4.69) is 14.6 Å². The van der Waals surface area contributed by atoms with E-state index in [9.17, 15) is 18.3 Å². The van der Waals surface area contributed by atoms with Crippen molar-refractivity contribution in [2.75, 3.05) is 20.3 Å². The summed E-state index contributed by atoms with van der Waals surface area (Å²) in [5.74, 6) is -0.159. The third kappa shape index (κ3) is 10.4. The Morgan fingerprint density at radius 3 is 2.63 bits per heavy atom. The number of rotatable bonds is 15. The van der Waals surface area contributed by atoms with E-state index in [-0.39, 0.29) is 37.1 Å². The molecule has 0 unspecified atom stereocenters. The number of nitrogens with one attached hydrogen (secondary N) is 1. The first-order valence-corrected chi connectivity index (χ1v) is 12.5. The molecule has 0 spiro atoms. The number of aryl methyl sites for hydroxylation is 1. The van der Waals surface area contributed by atoms with Crippen molar-refractivity contribution in [1.82, 2.24) is 4.72 Å². The van der Waals surface area contributed by atoms with Crippen LogP contribution in [0, 0.1) is 12.8 Å². The zero-order valence-corrected chi connectivity index (χ0v) is 20.8. The molecular weight excluding hydrogens is 476 g/mol. The van der Waals surface area contributed by atoms with Crippen molar-refractivity contribution in [3.05, 3.63) is 66.1 Å². The molecule has 0 fully saturated rings. The molecule has 2 rings (SSSR count). The fourth-order valence-corrected chi connectivity index (χ4v) is 4.06. The summed E-state index contributed by atoms with van der Waals surface area (Å²) in [5.41, 5.74) is 0.932. The third-order valence-electron chi connectivity index (χ3n) is 4.84. The first-order valence-electron chi connectivity index (χ1n) is 11.0. The Morgan fingerprint density at radius 1 is 1.23 bits per heavy atom. The summed E-state index contributed by atoms with van der Waals surface area (Å²) < 4.78 is 43.4. The topological polar surface area (TPSA) is 137 Å². The SMILES string of the molecule is COC(=O)CC=C[C@@H](C)[C@@H](C=NOC[C@@H](O)COCc1ccco1)NS(=O)(=O)c1ccc(C)cc1. The van der Waals surface area contributed by atoms with Gasteiger partial charge in [-0.25, -0.2) is 13.1 Å². The van der Waals surface area contributed by atoms with Crippen molar-refractivity contribution >= 4 is 22.2 Å². The van der Waals surface area contributed by atoms with Crippen LogP contribution in [0.2, 0.25) is 0 Å². The second-order valence-corrected chi connectivity index (χ2v) is 9.54. The van der Waals surface area contributed by atoms with Gasteiger partial charge >= 0.3 is 5.97 Å². The van der Waals surface area contributed by atoms with Crippen LogP contribution in [-0.4, -0.2) is 58.2 Å². The second kappa shape index (κ2) is 14.4. The molecule has 0 aliphatic heterocycles. The van der Waals surface area contributed by atoms with Crippen molar-refractivity contribution < 1.29 is 37.0 Å². The number of sulfonamides is 1. The van der Waals surface area contributed by atoms with Gasteiger partial charge in [-0.15, -0.1) is 0 Å². The van der Waals surface area contributed by atoms with Gasteiger partial charge in [0.15, 0.2) is 0 Å². The number of methoxy groups -OCH3 is 1. The summed E-state index contributed by atoms with van der Waals surface area (Å²) in [7, 11) is -2.56. The molecule has 192 valence electrons. The molecule has 1 aromatic carbocycles. The predicted molar refractivity (Wildman–Crippen MR) is 129 cm³/mol. The maximum Gasteiger partial charge on any atom is 0.309 e. The molecule has 3 atom stereocenters. The summed E-state index contributed by atoms with van der Waals surface area (Å²) in [5, 5.41) is 13.8. The molecule has 35 heavy (non-hydrogen) atoms. The van der Waals surface area contributed by atoms with Gasteiger partial charge in [0, 0.05) is 0 Å². The van der Waals surface area contributed by atoms with Gasteiger partial charge in [-0.1, -0.05) is 41.9 Å². The van der Waals surface area contributed by atoms with E-state index >= 15 is 0 Å². The smallest absolute Gasteiger partial charge is 0.309 e. The fraction of sp³-hybridized carbons (Fsp3) is 0.417. The summed E-state index contributed by atoms with van der Waals surface area (Å²) >= 11 is 0. The highest BCUT2D eigenvalue weighted by atomic mass is 32.2. The first kappa shape index (κ1) is 28.2. The number of nitrogens with zero attached hydrogens (tertiary/aromatic N) is 1. The van der Waals surface area contributed by atoms with E-state index in [1.807, 2.05) is 6.92 Å². The number of aliphatic hydroxyl groups is 1. The van der Waals surface area contributed by atoms with E-state index in [0.29, 0.717) is 5.76 Å². The molecule has 2 aromatic rings. The minimum absolute atomic E-state index is 0.00632. The average Bonchev–Trinajstić information content (AvgIpc) is 3.34. The van der Waals surface area contributed by atoms with Crippen LogP contribution < -0.4 is 4.72 Å². The summed E-state index contributed by atoms with van der Waals surface area (Å²) in [6.45, 7) is 3.69. The van der Waals surface area contributed by atoms with Gasteiger partial charge in [0.2, 0.25) is 10.0 Å². The van der Waals surface area contributed by atoms with Crippen LogP contribution in [0.5, 0.6) is 0 Å². The van der Waals surface area contributed by atoms with Gasteiger partial charge in [0.1, 0.15) is 25.1 Å². The van der Waals surface area contributed by atoms with Crippen LogP contribution in [0.1, 0.15) is 24.7 Å². The lowest BCUT2D eigenvalue weighted by molar-refractivity contribution is -0.139. The molecule has 0 saturated carbocycles. The predicted octanol–water partition coefficient (Wildman–Crippen LogP) is 2.57. The number of hydrogen-bond donors (Lipinski definition) is 2. The van der Waals surface area contributed by atoms with Crippen LogP contribution in [0.4, 0.5) is 0 Å². The average molecular weight is 509 g/mol. The summed E-state index contributed by atoms with van der Waals surface area (Å²) in [6.07, 6.45) is 5.22. The van der Waals surface area contributed by atoms with Gasteiger partial charge in [0.25, 0.3) is 0 Å². The zero-order chi connectivity index (χ0) is 25.7. The lowest BCUT2D eigenvalue weighted by Gasteiger charge is -2.19. The van der Waals surface area contributed by atoms with Crippen molar-refractivity contribution in [2.24, 2.45) is 11.1 Å². The van der Waals surface area contributed by atoms with Crippen molar-refractivity contribution in [1.29, 1.82) is 0 Å². The Morgan fingerprint density at radius 2 is 1.97 bits per heavy atom. The van der Waals surface area contributed by atoms with Crippen molar-refractivity contribution in [3.8, 4) is 0 Å².